The van der Waals surface area contributed by atoms with E-state index in [1.54, 1.807) is 0 Å². The van der Waals surface area contributed by atoms with E-state index in [-0.39, 0.29) is 6.42 Å². The molecule has 0 saturated heterocycles. The highest BCUT2D eigenvalue weighted by atomic mass is 16.4. The van der Waals surface area contributed by atoms with Gasteiger partial charge in [-0.2, -0.15) is 0 Å². The Balaban J connectivity index is 0. The minimum atomic E-state index is -1.29. The van der Waals surface area contributed by atoms with Gasteiger partial charge in [-0.15, -0.1) is 0 Å². The number of amides is 1. The third-order valence-electron chi connectivity index (χ3n) is 1.78. The molecular formula is C9H17N3O7. The molecule has 0 rings (SSSR count). The van der Waals surface area contributed by atoms with E-state index in [2.05, 4.69) is 5.32 Å². The van der Waals surface area contributed by atoms with Gasteiger partial charge in [0, 0.05) is 0 Å². The molecule has 0 spiro atoms. The highest BCUT2D eigenvalue weighted by Gasteiger charge is 2.15. The van der Waals surface area contributed by atoms with Crippen molar-refractivity contribution in [3.8, 4) is 0 Å². The van der Waals surface area contributed by atoms with E-state index in [0.717, 1.165) is 0 Å². The predicted molar refractivity (Wildman–Crippen MR) is 62.2 cm³/mol. The van der Waals surface area contributed by atoms with Crippen molar-refractivity contribution in [1.82, 2.24) is 5.32 Å². The molecule has 0 fully saturated rings. The second-order valence-corrected chi connectivity index (χ2v) is 3.38. The van der Waals surface area contributed by atoms with E-state index in [1.165, 1.54) is 7.05 Å². The second kappa shape index (κ2) is 9.79. The first-order chi connectivity index (χ1) is 8.61. The molecule has 19 heavy (non-hydrogen) atoms. The number of rotatable bonds is 7. The Bertz CT molecular complexity index is 345. The third kappa shape index (κ3) is 12.1. The van der Waals surface area contributed by atoms with Crippen molar-refractivity contribution in [2.24, 2.45) is 11.5 Å². The fourth-order valence-corrected chi connectivity index (χ4v) is 0.795. The Morgan fingerprint density at radius 1 is 1.05 bits per heavy atom. The van der Waals surface area contributed by atoms with Crippen molar-refractivity contribution < 1.29 is 34.5 Å². The fraction of sp³-hybridized carbons (Fsp3) is 0.556. The van der Waals surface area contributed by atoms with Crippen LogP contribution in [0.4, 0.5) is 0 Å². The maximum absolute atomic E-state index is 10.4. The number of nitrogens with one attached hydrogen (secondary N) is 1. The van der Waals surface area contributed by atoms with Gasteiger partial charge in [0.1, 0.15) is 6.04 Å². The number of aliphatic carboxylic acids is 3. The summed E-state index contributed by atoms with van der Waals surface area (Å²) in [6.45, 7) is 0. The zero-order chi connectivity index (χ0) is 15.6. The van der Waals surface area contributed by atoms with Gasteiger partial charge in [-0.3, -0.25) is 19.2 Å². The topological polar surface area (TPSA) is 193 Å². The Morgan fingerprint density at radius 2 is 1.47 bits per heavy atom. The maximum atomic E-state index is 10.4. The van der Waals surface area contributed by atoms with E-state index >= 15 is 0 Å². The lowest BCUT2D eigenvalue weighted by atomic mass is 10.2. The van der Waals surface area contributed by atoms with Crippen LogP contribution < -0.4 is 16.8 Å². The molecule has 10 nitrogen and oxygen atoms in total. The molecule has 0 aliphatic carbocycles. The lowest BCUT2D eigenvalue weighted by Gasteiger charge is -2.07. The molecule has 8 N–H and O–H groups in total. The molecule has 0 heterocycles. The molecule has 0 aromatic heterocycles. The number of hydrogen-bond donors (Lipinski definition) is 6. The second-order valence-electron chi connectivity index (χ2n) is 3.38. The molecule has 0 aliphatic heterocycles. The van der Waals surface area contributed by atoms with E-state index in [9.17, 15) is 19.2 Å². The highest BCUT2D eigenvalue weighted by Crippen LogP contribution is 1.88. The molecule has 0 bridgehead atoms. The smallest absolute Gasteiger partial charge is 0.321 e. The monoisotopic (exact) mass is 279 g/mol. The van der Waals surface area contributed by atoms with Crippen molar-refractivity contribution in [3.63, 3.8) is 0 Å². The van der Waals surface area contributed by atoms with Crippen molar-refractivity contribution >= 4 is 23.8 Å². The van der Waals surface area contributed by atoms with Crippen LogP contribution in [-0.2, 0) is 19.2 Å². The molecule has 0 aromatic carbocycles. The standard InChI is InChI=1S/C5H10N2O3.C4H7NO4/c1-7-3(5(6)10)2-4(8)9;5-2(4(8)9)1-3(6)7/h3,7H,2H2,1H3,(H2,6,10)(H,8,9);2H,1,5H2,(H,6,7)(H,8,9)/t3-;2-/m00/s1. The zero-order valence-electron chi connectivity index (χ0n) is 10.2. The van der Waals surface area contributed by atoms with Gasteiger partial charge in [-0.1, -0.05) is 0 Å². The molecular weight excluding hydrogens is 262 g/mol. The number of carboxylic acid groups (broad SMARTS) is 3. The molecule has 10 heteroatoms. The first-order valence-electron chi connectivity index (χ1n) is 5.00. The number of carbonyl (C=O) groups is 4. The summed E-state index contributed by atoms with van der Waals surface area (Å²) >= 11 is 0. The zero-order valence-corrected chi connectivity index (χ0v) is 10.2. The first-order valence-corrected chi connectivity index (χ1v) is 5.00. The van der Waals surface area contributed by atoms with Crippen molar-refractivity contribution in [1.29, 1.82) is 0 Å². The summed E-state index contributed by atoms with van der Waals surface area (Å²) in [6, 6.07) is -2.06. The number of carbonyl (C=O) groups excluding carboxylic acids is 1. The van der Waals surface area contributed by atoms with E-state index in [0.29, 0.717) is 0 Å². The van der Waals surface area contributed by atoms with Crippen molar-refractivity contribution in [2.45, 2.75) is 24.9 Å². The number of likely N-dealkylation sites (N-methyl/N-ethyl adjacent to an activating group) is 1. The van der Waals surface area contributed by atoms with Crippen LogP contribution in [0, 0.1) is 0 Å². The van der Waals surface area contributed by atoms with E-state index in [1.807, 2.05) is 0 Å². The van der Waals surface area contributed by atoms with Gasteiger partial charge in [0.05, 0.1) is 18.9 Å². The molecule has 1 amide bonds. The molecule has 0 aromatic rings. The lowest BCUT2D eigenvalue weighted by molar-refractivity contribution is -0.144. The van der Waals surface area contributed by atoms with Crippen molar-refractivity contribution in [2.75, 3.05) is 7.05 Å². The van der Waals surface area contributed by atoms with Crippen molar-refractivity contribution in [3.05, 3.63) is 0 Å². The summed E-state index contributed by atoms with van der Waals surface area (Å²) in [5, 5.41) is 26.7. The fourth-order valence-electron chi connectivity index (χ4n) is 0.795. The molecule has 0 saturated carbocycles. The average molecular weight is 279 g/mol. The minimum absolute atomic E-state index is 0.272. The molecule has 110 valence electrons. The summed E-state index contributed by atoms with van der Waals surface area (Å²) in [5.41, 5.74) is 9.67. The van der Waals surface area contributed by atoms with E-state index in [4.69, 9.17) is 26.8 Å². The van der Waals surface area contributed by atoms with E-state index < -0.39 is 42.3 Å². The van der Waals surface area contributed by atoms with Crippen LogP contribution in [0.3, 0.4) is 0 Å². The van der Waals surface area contributed by atoms with Gasteiger partial charge in [0.15, 0.2) is 0 Å². The van der Waals surface area contributed by atoms with Gasteiger partial charge in [-0.25, -0.2) is 0 Å². The summed E-state index contributed by atoms with van der Waals surface area (Å²) in [5.74, 6) is -4.19. The Hall–Kier alpha value is -2.20. The minimum Gasteiger partial charge on any atom is -0.481 e. The lowest BCUT2D eigenvalue weighted by Crippen LogP contribution is -2.40. The number of nitrogens with two attached hydrogens (primary N) is 2. The maximum Gasteiger partial charge on any atom is 0.321 e. The molecule has 0 radical (unpaired) electrons. The summed E-state index contributed by atoms with van der Waals surface area (Å²) in [7, 11) is 1.48. The Morgan fingerprint density at radius 3 is 1.58 bits per heavy atom. The van der Waals surface area contributed by atoms with Gasteiger partial charge < -0.3 is 32.1 Å². The summed E-state index contributed by atoms with van der Waals surface area (Å²) in [4.78, 5) is 40.0. The molecule has 2 atom stereocenters. The van der Waals surface area contributed by atoms with Gasteiger partial charge >= 0.3 is 17.9 Å². The summed E-state index contributed by atoms with van der Waals surface area (Å²) in [6.07, 6.45) is -0.804. The van der Waals surface area contributed by atoms with Crippen LogP contribution >= 0.6 is 0 Å². The van der Waals surface area contributed by atoms with Gasteiger partial charge in [-0.05, 0) is 7.05 Å². The first kappa shape index (κ1) is 19.1. The number of hydrogen-bond acceptors (Lipinski definition) is 6. The number of primary amides is 1. The molecule has 0 aliphatic rings. The van der Waals surface area contributed by atoms with Crippen LogP contribution in [0.2, 0.25) is 0 Å². The summed E-state index contributed by atoms with van der Waals surface area (Å²) < 4.78 is 0. The Kier molecular flexibility index (Phi) is 9.87. The van der Waals surface area contributed by atoms with Crippen LogP contribution in [0.15, 0.2) is 0 Å². The quantitative estimate of drug-likeness (QED) is 0.290. The molecule has 0 unspecified atom stereocenters. The van der Waals surface area contributed by atoms with Gasteiger partial charge in [0.25, 0.3) is 0 Å². The average Bonchev–Trinajstić information content (AvgIpc) is 2.25. The normalized spacial score (nSPS) is 12.5. The third-order valence-corrected chi connectivity index (χ3v) is 1.78. The largest absolute Gasteiger partial charge is 0.481 e. The number of carboxylic acids is 3. The SMILES string of the molecule is CN[C@@H](CC(=O)O)C(N)=O.N[C@@H](CC(=O)O)C(=O)O. The van der Waals surface area contributed by atoms with Crippen LogP contribution in [-0.4, -0.2) is 58.3 Å². The predicted octanol–water partition coefficient (Wildman–Crippen LogP) is -2.59. The van der Waals surface area contributed by atoms with Crippen LogP contribution in [0.5, 0.6) is 0 Å². The van der Waals surface area contributed by atoms with Crippen LogP contribution in [0.1, 0.15) is 12.8 Å². The Labute approximate surface area is 108 Å². The highest BCUT2D eigenvalue weighted by molar-refractivity contribution is 5.84. The van der Waals surface area contributed by atoms with Crippen LogP contribution in [0.25, 0.3) is 0 Å². The van der Waals surface area contributed by atoms with Gasteiger partial charge in [0.2, 0.25) is 5.91 Å².